The predicted octanol–water partition coefficient (Wildman–Crippen LogP) is 4.26. The minimum absolute atomic E-state index is 0.0685. The first-order valence-electron chi connectivity index (χ1n) is 9.34. The molecule has 0 aromatic heterocycles. The van der Waals surface area contributed by atoms with Gasteiger partial charge in [0.25, 0.3) is 5.91 Å². The summed E-state index contributed by atoms with van der Waals surface area (Å²) in [4.78, 5) is 12.6. The van der Waals surface area contributed by atoms with Gasteiger partial charge in [-0.05, 0) is 54.7 Å². The molecule has 0 radical (unpaired) electrons. The number of amides is 1. The van der Waals surface area contributed by atoms with E-state index in [9.17, 15) is 9.18 Å². The number of halogens is 1. The molecule has 1 fully saturated rings. The Balaban J connectivity index is 1.71. The van der Waals surface area contributed by atoms with E-state index in [-0.39, 0.29) is 17.1 Å². The molecule has 3 nitrogen and oxygen atoms in total. The van der Waals surface area contributed by atoms with Gasteiger partial charge in [0.05, 0.1) is 0 Å². The second-order valence-electron chi connectivity index (χ2n) is 7.03. The van der Waals surface area contributed by atoms with Crippen LogP contribution in [0.15, 0.2) is 48.5 Å². The number of aryl methyl sites for hydroxylation is 1. The first kappa shape index (κ1) is 18.6. The Bertz CT molecular complexity index is 719. The molecule has 0 spiro atoms. The number of benzene rings is 2. The van der Waals surface area contributed by atoms with E-state index < -0.39 is 0 Å². The number of hydrogen-bond acceptors (Lipinski definition) is 2. The highest BCUT2D eigenvalue weighted by Crippen LogP contribution is 2.34. The van der Waals surface area contributed by atoms with Crippen LogP contribution in [-0.4, -0.2) is 25.7 Å². The van der Waals surface area contributed by atoms with Gasteiger partial charge in [0.15, 0.2) is 0 Å². The van der Waals surface area contributed by atoms with Gasteiger partial charge < -0.3 is 10.1 Å². The molecule has 0 unspecified atom stereocenters. The highest BCUT2D eigenvalue weighted by atomic mass is 19.1. The van der Waals surface area contributed by atoms with Crippen LogP contribution in [0.25, 0.3) is 0 Å². The SMILES string of the molecule is CCCc1ccc(C(=O)NCC2(c3ccc(F)cc3)CCOCC2)cc1. The largest absolute Gasteiger partial charge is 0.381 e. The van der Waals surface area contributed by atoms with Crippen molar-refractivity contribution >= 4 is 5.91 Å². The Morgan fingerprint density at radius 2 is 1.73 bits per heavy atom. The van der Waals surface area contributed by atoms with Crippen LogP contribution in [0.3, 0.4) is 0 Å². The lowest BCUT2D eigenvalue weighted by molar-refractivity contribution is 0.0487. The molecule has 1 heterocycles. The van der Waals surface area contributed by atoms with Gasteiger partial charge >= 0.3 is 0 Å². The van der Waals surface area contributed by atoms with Crippen LogP contribution in [0, 0.1) is 5.82 Å². The van der Waals surface area contributed by atoms with Crippen LogP contribution in [-0.2, 0) is 16.6 Å². The fourth-order valence-electron chi connectivity index (χ4n) is 3.60. The lowest BCUT2D eigenvalue weighted by atomic mass is 9.74. The second-order valence-corrected chi connectivity index (χ2v) is 7.03. The van der Waals surface area contributed by atoms with Crippen molar-refractivity contribution in [1.29, 1.82) is 0 Å². The maximum Gasteiger partial charge on any atom is 0.251 e. The minimum atomic E-state index is -0.243. The molecule has 26 heavy (non-hydrogen) atoms. The van der Waals surface area contributed by atoms with Crippen LogP contribution < -0.4 is 5.32 Å². The average Bonchev–Trinajstić information content (AvgIpc) is 2.68. The third-order valence-electron chi connectivity index (χ3n) is 5.25. The van der Waals surface area contributed by atoms with Gasteiger partial charge in [0.1, 0.15) is 5.82 Å². The van der Waals surface area contributed by atoms with E-state index in [1.54, 1.807) is 0 Å². The Kier molecular flexibility index (Phi) is 6.04. The van der Waals surface area contributed by atoms with E-state index in [0.29, 0.717) is 25.3 Å². The number of ether oxygens (including phenoxy) is 1. The smallest absolute Gasteiger partial charge is 0.251 e. The molecule has 0 aliphatic carbocycles. The Morgan fingerprint density at radius 1 is 1.08 bits per heavy atom. The minimum Gasteiger partial charge on any atom is -0.381 e. The van der Waals surface area contributed by atoms with E-state index in [2.05, 4.69) is 12.2 Å². The summed E-state index contributed by atoms with van der Waals surface area (Å²) in [5, 5.41) is 3.09. The van der Waals surface area contributed by atoms with Gasteiger partial charge in [-0.2, -0.15) is 0 Å². The van der Waals surface area contributed by atoms with Crippen LogP contribution in [0.2, 0.25) is 0 Å². The lowest BCUT2D eigenvalue weighted by Crippen LogP contribution is -2.44. The van der Waals surface area contributed by atoms with Crippen LogP contribution in [0.4, 0.5) is 4.39 Å². The van der Waals surface area contributed by atoms with E-state index in [0.717, 1.165) is 31.2 Å². The molecular weight excluding hydrogens is 329 g/mol. The maximum absolute atomic E-state index is 13.3. The zero-order chi connectivity index (χ0) is 18.4. The van der Waals surface area contributed by atoms with Gasteiger partial charge in [0, 0.05) is 30.7 Å². The average molecular weight is 355 g/mol. The van der Waals surface area contributed by atoms with Crippen LogP contribution >= 0.6 is 0 Å². The molecule has 1 aliphatic heterocycles. The molecule has 1 saturated heterocycles. The van der Waals surface area contributed by atoms with Gasteiger partial charge in [-0.3, -0.25) is 4.79 Å². The maximum atomic E-state index is 13.3. The van der Waals surface area contributed by atoms with E-state index in [4.69, 9.17) is 4.74 Å². The summed E-state index contributed by atoms with van der Waals surface area (Å²) in [5.74, 6) is -0.312. The van der Waals surface area contributed by atoms with E-state index >= 15 is 0 Å². The molecule has 1 amide bonds. The van der Waals surface area contributed by atoms with Gasteiger partial charge in [-0.25, -0.2) is 4.39 Å². The third-order valence-corrected chi connectivity index (χ3v) is 5.25. The van der Waals surface area contributed by atoms with Crippen molar-refractivity contribution in [2.24, 2.45) is 0 Å². The highest BCUT2D eigenvalue weighted by Gasteiger charge is 2.35. The van der Waals surface area contributed by atoms with Crippen molar-refractivity contribution in [3.05, 3.63) is 71.0 Å². The van der Waals surface area contributed by atoms with Crippen LogP contribution in [0.5, 0.6) is 0 Å². The molecule has 2 aromatic rings. The van der Waals surface area contributed by atoms with Gasteiger partial charge in [-0.1, -0.05) is 37.6 Å². The summed E-state index contributed by atoms with van der Waals surface area (Å²) in [5.41, 5.74) is 2.77. The summed E-state index contributed by atoms with van der Waals surface area (Å²) >= 11 is 0. The number of nitrogens with one attached hydrogen (secondary N) is 1. The van der Waals surface area contributed by atoms with Gasteiger partial charge in [0.2, 0.25) is 0 Å². The summed E-state index contributed by atoms with van der Waals surface area (Å²) in [7, 11) is 0. The third kappa shape index (κ3) is 4.31. The number of hydrogen-bond donors (Lipinski definition) is 1. The van der Waals surface area contributed by atoms with Crippen molar-refractivity contribution in [3.8, 4) is 0 Å². The Labute approximate surface area is 154 Å². The van der Waals surface area contributed by atoms with Crippen molar-refractivity contribution in [2.75, 3.05) is 19.8 Å². The summed E-state index contributed by atoms with van der Waals surface area (Å²) in [6.45, 7) is 3.97. The van der Waals surface area contributed by atoms with Crippen molar-refractivity contribution in [1.82, 2.24) is 5.32 Å². The summed E-state index contributed by atoms with van der Waals surface area (Å²) in [6.07, 6.45) is 3.74. The topological polar surface area (TPSA) is 38.3 Å². The quantitative estimate of drug-likeness (QED) is 0.841. The molecule has 0 bridgehead atoms. The van der Waals surface area contributed by atoms with E-state index in [1.807, 2.05) is 36.4 Å². The summed E-state index contributed by atoms with van der Waals surface area (Å²) in [6, 6.07) is 14.4. The standard InChI is InChI=1S/C22H26FNO2/c1-2-3-17-4-6-18(7-5-17)21(25)24-16-22(12-14-26-15-13-22)19-8-10-20(23)11-9-19/h4-11H,2-3,12-16H2,1H3,(H,24,25). The first-order valence-corrected chi connectivity index (χ1v) is 9.34. The molecule has 1 N–H and O–H groups in total. The molecule has 0 saturated carbocycles. The fraction of sp³-hybridized carbons (Fsp3) is 0.409. The van der Waals surface area contributed by atoms with Crippen molar-refractivity contribution < 1.29 is 13.9 Å². The predicted molar refractivity (Wildman–Crippen MR) is 101 cm³/mol. The zero-order valence-corrected chi connectivity index (χ0v) is 15.3. The number of carbonyl (C=O) groups is 1. The van der Waals surface area contributed by atoms with Gasteiger partial charge in [-0.15, -0.1) is 0 Å². The van der Waals surface area contributed by atoms with Crippen molar-refractivity contribution in [3.63, 3.8) is 0 Å². The molecule has 0 atom stereocenters. The van der Waals surface area contributed by atoms with E-state index in [1.165, 1.54) is 17.7 Å². The van der Waals surface area contributed by atoms with Crippen LogP contribution in [0.1, 0.15) is 47.7 Å². The molecule has 1 aliphatic rings. The van der Waals surface area contributed by atoms with Crippen molar-refractivity contribution in [2.45, 2.75) is 38.0 Å². The Morgan fingerprint density at radius 3 is 2.35 bits per heavy atom. The lowest BCUT2D eigenvalue weighted by Gasteiger charge is -2.38. The molecule has 3 rings (SSSR count). The number of carbonyl (C=O) groups excluding carboxylic acids is 1. The number of rotatable bonds is 6. The first-order chi connectivity index (χ1) is 12.6. The fourth-order valence-corrected chi connectivity index (χ4v) is 3.60. The molecule has 4 heteroatoms. The Hall–Kier alpha value is -2.20. The summed E-state index contributed by atoms with van der Waals surface area (Å²) < 4.78 is 18.8. The molecule has 138 valence electrons. The molecular formula is C22H26FNO2. The zero-order valence-electron chi connectivity index (χ0n) is 15.3. The molecule has 2 aromatic carbocycles. The monoisotopic (exact) mass is 355 g/mol. The normalized spacial score (nSPS) is 16.2. The highest BCUT2D eigenvalue weighted by molar-refractivity contribution is 5.94. The second kappa shape index (κ2) is 8.45.